The Balaban J connectivity index is 2.59. The molecular weight excluding hydrogens is 272 g/mol. The highest BCUT2D eigenvalue weighted by Gasteiger charge is 2.38. The molecule has 0 bridgehead atoms. The van der Waals surface area contributed by atoms with Crippen molar-refractivity contribution < 1.29 is 20.1 Å². The Kier molecular flexibility index (Phi) is 5.88. The monoisotopic (exact) mass is 292 g/mol. The number of aliphatic imine (C=N–C) groups is 1. The van der Waals surface area contributed by atoms with Crippen LogP contribution in [-0.2, 0) is 4.74 Å². The molecule has 0 aromatic rings. The SMILES string of the molecule is CN(C)/C(N)=N/C(=S)N[C@H]1CO[C@H](CO)[C@H](O)[C@@H]1O. The molecule has 1 heterocycles. The summed E-state index contributed by atoms with van der Waals surface area (Å²) < 4.78 is 5.20. The maximum absolute atomic E-state index is 9.88. The average Bonchev–Trinajstić information content (AvgIpc) is 2.35. The van der Waals surface area contributed by atoms with Crippen LogP contribution in [0.5, 0.6) is 0 Å². The molecule has 110 valence electrons. The Labute approximate surface area is 116 Å². The fourth-order valence-electron chi connectivity index (χ4n) is 1.57. The number of rotatable bonds is 2. The van der Waals surface area contributed by atoms with Gasteiger partial charge >= 0.3 is 0 Å². The molecule has 1 aliphatic rings. The van der Waals surface area contributed by atoms with E-state index in [1.165, 1.54) is 0 Å². The molecule has 1 aliphatic heterocycles. The van der Waals surface area contributed by atoms with Crippen LogP contribution in [-0.4, -0.2) is 83.0 Å². The first-order valence-electron chi connectivity index (χ1n) is 5.77. The van der Waals surface area contributed by atoms with Crippen LogP contribution in [0.2, 0.25) is 0 Å². The maximum atomic E-state index is 9.88. The minimum Gasteiger partial charge on any atom is -0.394 e. The minimum atomic E-state index is -1.19. The molecular formula is C10H20N4O4S. The van der Waals surface area contributed by atoms with Crippen molar-refractivity contribution in [1.82, 2.24) is 10.2 Å². The van der Waals surface area contributed by atoms with Crippen LogP contribution in [0.3, 0.4) is 0 Å². The van der Waals surface area contributed by atoms with E-state index in [9.17, 15) is 10.2 Å². The quantitative estimate of drug-likeness (QED) is 0.210. The number of nitrogens with zero attached hydrogens (tertiary/aromatic N) is 2. The zero-order valence-electron chi connectivity index (χ0n) is 10.9. The third kappa shape index (κ3) is 4.25. The van der Waals surface area contributed by atoms with Crippen molar-refractivity contribution in [3.8, 4) is 0 Å². The minimum absolute atomic E-state index is 0.0912. The molecule has 9 heteroatoms. The second-order valence-corrected chi connectivity index (χ2v) is 4.84. The van der Waals surface area contributed by atoms with Gasteiger partial charge in [0.05, 0.1) is 19.3 Å². The number of hydrogen-bond donors (Lipinski definition) is 5. The molecule has 0 aromatic carbocycles. The van der Waals surface area contributed by atoms with E-state index in [1.807, 2.05) is 0 Å². The summed E-state index contributed by atoms with van der Waals surface area (Å²) in [5.41, 5.74) is 5.60. The van der Waals surface area contributed by atoms with Gasteiger partial charge in [0.15, 0.2) is 11.1 Å². The molecule has 1 rings (SSSR count). The van der Waals surface area contributed by atoms with Gasteiger partial charge in [0.2, 0.25) is 0 Å². The smallest absolute Gasteiger partial charge is 0.198 e. The summed E-state index contributed by atoms with van der Waals surface area (Å²) in [4.78, 5) is 5.49. The lowest BCUT2D eigenvalue weighted by Gasteiger charge is -2.37. The van der Waals surface area contributed by atoms with E-state index in [-0.39, 0.29) is 24.3 Å². The fraction of sp³-hybridized carbons (Fsp3) is 0.800. The molecule has 0 spiro atoms. The first-order valence-corrected chi connectivity index (χ1v) is 6.18. The topological polar surface area (TPSA) is 124 Å². The highest BCUT2D eigenvalue weighted by molar-refractivity contribution is 7.80. The third-order valence-electron chi connectivity index (χ3n) is 2.80. The summed E-state index contributed by atoms with van der Waals surface area (Å²) in [6.07, 6.45) is -3.09. The number of nitrogens with two attached hydrogens (primary N) is 1. The van der Waals surface area contributed by atoms with Gasteiger partial charge in [-0.25, -0.2) is 0 Å². The molecule has 0 aliphatic carbocycles. The van der Waals surface area contributed by atoms with Crippen molar-refractivity contribution in [2.45, 2.75) is 24.4 Å². The van der Waals surface area contributed by atoms with E-state index in [2.05, 4.69) is 10.3 Å². The molecule has 0 amide bonds. The van der Waals surface area contributed by atoms with Crippen LogP contribution < -0.4 is 11.1 Å². The first-order chi connectivity index (χ1) is 8.86. The summed E-state index contributed by atoms with van der Waals surface area (Å²) in [5, 5.41) is 31.4. The van der Waals surface area contributed by atoms with Gasteiger partial charge in [0, 0.05) is 14.1 Å². The maximum Gasteiger partial charge on any atom is 0.198 e. The van der Waals surface area contributed by atoms with Gasteiger partial charge in [-0.1, -0.05) is 0 Å². The Morgan fingerprint density at radius 2 is 2.11 bits per heavy atom. The van der Waals surface area contributed by atoms with Crippen molar-refractivity contribution in [2.24, 2.45) is 10.7 Å². The van der Waals surface area contributed by atoms with Gasteiger partial charge in [-0.3, -0.25) is 0 Å². The number of thiocarbonyl (C=S) groups is 1. The lowest BCUT2D eigenvalue weighted by atomic mass is 9.99. The zero-order valence-corrected chi connectivity index (χ0v) is 11.7. The van der Waals surface area contributed by atoms with Gasteiger partial charge < -0.3 is 36.0 Å². The van der Waals surface area contributed by atoms with E-state index in [0.717, 1.165) is 0 Å². The number of aliphatic hydroxyl groups is 3. The standard InChI is InChI=1S/C10H20N4O4S/c1-14(2)9(11)13-10(19)12-5-4-18-6(3-15)8(17)7(5)16/h5-8,15-17H,3-4H2,1-2H3,(H3,11,12,13,19)/t5-,6+,7+,8-/m0/s1. The molecule has 0 unspecified atom stereocenters. The van der Waals surface area contributed by atoms with Crippen molar-refractivity contribution >= 4 is 23.3 Å². The Hall–Kier alpha value is -1.00. The van der Waals surface area contributed by atoms with E-state index in [4.69, 9.17) is 27.8 Å². The number of aliphatic hydroxyl groups excluding tert-OH is 3. The van der Waals surface area contributed by atoms with Gasteiger partial charge in [0.1, 0.15) is 18.3 Å². The molecule has 8 nitrogen and oxygen atoms in total. The second kappa shape index (κ2) is 6.96. The van der Waals surface area contributed by atoms with Crippen LogP contribution in [0.4, 0.5) is 0 Å². The first kappa shape index (κ1) is 16.1. The Morgan fingerprint density at radius 3 is 2.63 bits per heavy atom. The molecule has 4 atom stereocenters. The molecule has 0 saturated carbocycles. The molecule has 6 N–H and O–H groups in total. The van der Waals surface area contributed by atoms with Crippen LogP contribution in [0.1, 0.15) is 0 Å². The zero-order chi connectivity index (χ0) is 14.6. The Bertz CT molecular complexity index is 352. The second-order valence-electron chi connectivity index (χ2n) is 4.46. The van der Waals surface area contributed by atoms with Gasteiger partial charge in [-0.05, 0) is 12.2 Å². The van der Waals surface area contributed by atoms with E-state index in [1.54, 1.807) is 19.0 Å². The molecule has 19 heavy (non-hydrogen) atoms. The number of ether oxygens (including phenoxy) is 1. The van der Waals surface area contributed by atoms with Crippen molar-refractivity contribution in [2.75, 3.05) is 27.3 Å². The van der Waals surface area contributed by atoms with Crippen molar-refractivity contribution in [1.29, 1.82) is 0 Å². The van der Waals surface area contributed by atoms with Gasteiger partial charge in [-0.15, -0.1) is 0 Å². The lowest BCUT2D eigenvalue weighted by molar-refractivity contribution is -0.159. The van der Waals surface area contributed by atoms with Gasteiger partial charge in [-0.2, -0.15) is 4.99 Å². The predicted molar refractivity (Wildman–Crippen MR) is 73.7 cm³/mol. The largest absolute Gasteiger partial charge is 0.394 e. The van der Waals surface area contributed by atoms with E-state index < -0.39 is 24.4 Å². The van der Waals surface area contributed by atoms with Crippen LogP contribution in [0, 0.1) is 0 Å². The molecule has 1 fully saturated rings. The van der Waals surface area contributed by atoms with Crippen molar-refractivity contribution in [3.63, 3.8) is 0 Å². The predicted octanol–water partition coefficient (Wildman–Crippen LogP) is -2.78. The van der Waals surface area contributed by atoms with Crippen LogP contribution in [0.25, 0.3) is 0 Å². The highest BCUT2D eigenvalue weighted by atomic mass is 32.1. The summed E-state index contributed by atoms with van der Waals surface area (Å²) >= 11 is 4.98. The average molecular weight is 292 g/mol. The summed E-state index contributed by atoms with van der Waals surface area (Å²) in [6, 6.07) is -0.607. The van der Waals surface area contributed by atoms with Crippen LogP contribution >= 0.6 is 12.2 Å². The fourth-order valence-corrected chi connectivity index (χ4v) is 1.81. The lowest BCUT2D eigenvalue weighted by Crippen LogP contribution is -2.59. The summed E-state index contributed by atoms with van der Waals surface area (Å²) in [7, 11) is 3.44. The van der Waals surface area contributed by atoms with Crippen LogP contribution in [0.15, 0.2) is 4.99 Å². The van der Waals surface area contributed by atoms with E-state index in [0.29, 0.717) is 0 Å². The number of nitrogens with one attached hydrogen (secondary N) is 1. The van der Waals surface area contributed by atoms with Crippen molar-refractivity contribution in [3.05, 3.63) is 0 Å². The van der Waals surface area contributed by atoms with E-state index >= 15 is 0 Å². The summed E-state index contributed by atoms with van der Waals surface area (Å²) in [5.74, 6) is 0.220. The normalized spacial score (nSPS) is 31.9. The highest BCUT2D eigenvalue weighted by Crippen LogP contribution is 2.15. The third-order valence-corrected chi connectivity index (χ3v) is 3.01. The number of hydrogen-bond acceptors (Lipinski definition) is 5. The number of guanidine groups is 1. The molecule has 0 radical (unpaired) electrons. The molecule has 1 saturated heterocycles. The Morgan fingerprint density at radius 1 is 1.47 bits per heavy atom. The summed E-state index contributed by atoms with van der Waals surface area (Å²) in [6.45, 7) is -0.262. The molecule has 0 aromatic heterocycles. The van der Waals surface area contributed by atoms with Gasteiger partial charge in [0.25, 0.3) is 0 Å².